The van der Waals surface area contributed by atoms with Gasteiger partial charge >= 0.3 is 0 Å². The smallest absolute Gasteiger partial charge is 0.273 e. The molecule has 2 rings (SSSR count). The molecule has 0 aliphatic heterocycles. The third-order valence-corrected chi connectivity index (χ3v) is 3.85. The highest BCUT2D eigenvalue weighted by Crippen LogP contribution is 2.23. The minimum Gasteiger partial charge on any atom is -0.490 e. The van der Waals surface area contributed by atoms with Crippen LogP contribution >= 0.6 is 15.9 Å². The summed E-state index contributed by atoms with van der Waals surface area (Å²) in [6.45, 7) is 0.613. The van der Waals surface area contributed by atoms with E-state index >= 15 is 0 Å². The number of halogens is 1. The van der Waals surface area contributed by atoms with Crippen molar-refractivity contribution in [2.24, 2.45) is 0 Å². The van der Waals surface area contributed by atoms with Gasteiger partial charge in [-0.05, 0) is 30.3 Å². The molecule has 0 saturated heterocycles. The summed E-state index contributed by atoms with van der Waals surface area (Å²) < 4.78 is 11.1. The van der Waals surface area contributed by atoms with E-state index in [4.69, 9.17) is 9.47 Å². The van der Waals surface area contributed by atoms with Crippen LogP contribution < -0.4 is 15.6 Å². The van der Waals surface area contributed by atoms with Gasteiger partial charge in [0.2, 0.25) is 0 Å². The number of carbonyl (C=O) groups is 2. The molecule has 2 amide bonds. The molecule has 9 nitrogen and oxygen atoms in total. The van der Waals surface area contributed by atoms with Crippen LogP contribution in [0.3, 0.4) is 0 Å². The number of nitrogens with one attached hydrogen (secondary N) is 2. The fourth-order valence-corrected chi connectivity index (χ4v) is 2.39. The van der Waals surface area contributed by atoms with E-state index in [1.165, 1.54) is 31.4 Å². The molecule has 0 spiro atoms. The summed E-state index contributed by atoms with van der Waals surface area (Å²) >= 11 is 3.28. The van der Waals surface area contributed by atoms with E-state index < -0.39 is 16.7 Å². The average Bonchev–Trinajstić information content (AvgIpc) is 2.67. The number of hydrogen-bond acceptors (Lipinski definition) is 6. The van der Waals surface area contributed by atoms with Crippen molar-refractivity contribution in [1.82, 2.24) is 10.9 Å². The minimum absolute atomic E-state index is 0.137. The molecule has 0 unspecified atom stereocenters. The van der Waals surface area contributed by atoms with Crippen molar-refractivity contribution >= 4 is 33.4 Å². The van der Waals surface area contributed by atoms with Crippen molar-refractivity contribution in [2.45, 2.75) is 0 Å². The lowest BCUT2D eigenvalue weighted by Crippen LogP contribution is -2.41. The topological polar surface area (TPSA) is 120 Å². The number of nitrogens with zero attached hydrogens (tertiary/aromatic N) is 1. The Bertz CT molecular complexity index is 841. The van der Waals surface area contributed by atoms with Crippen molar-refractivity contribution in [3.8, 4) is 5.75 Å². The third-order valence-electron chi connectivity index (χ3n) is 3.36. The highest BCUT2D eigenvalue weighted by atomic mass is 79.9. The Morgan fingerprint density at radius 2 is 1.74 bits per heavy atom. The fraction of sp³-hybridized carbons (Fsp3) is 0.176. The SMILES string of the molecule is COCCOc1ccc(Br)cc1C(=O)NNC(=O)c1ccc([N+](=O)[O-])cc1. The maximum absolute atomic E-state index is 12.4. The average molecular weight is 438 g/mol. The molecule has 0 saturated carbocycles. The van der Waals surface area contributed by atoms with E-state index in [2.05, 4.69) is 26.8 Å². The lowest BCUT2D eigenvalue weighted by atomic mass is 10.2. The van der Waals surface area contributed by atoms with Gasteiger partial charge in [0.05, 0.1) is 17.1 Å². The number of ether oxygens (including phenoxy) is 2. The van der Waals surface area contributed by atoms with Crippen LogP contribution in [0.25, 0.3) is 0 Å². The molecule has 2 N–H and O–H groups in total. The zero-order valence-electron chi connectivity index (χ0n) is 14.2. The first kappa shape index (κ1) is 20.3. The van der Waals surface area contributed by atoms with E-state index in [9.17, 15) is 19.7 Å². The molecule has 0 aliphatic rings. The fourth-order valence-electron chi connectivity index (χ4n) is 2.03. The van der Waals surface area contributed by atoms with Crippen LogP contribution in [0.15, 0.2) is 46.9 Å². The number of methoxy groups -OCH3 is 1. The summed E-state index contributed by atoms with van der Waals surface area (Å²) in [4.78, 5) is 34.5. The van der Waals surface area contributed by atoms with Crippen molar-refractivity contribution in [1.29, 1.82) is 0 Å². The molecular formula is C17H16BrN3O6. The predicted molar refractivity (Wildman–Crippen MR) is 99.5 cm³/mol. The van der Waals surface area contributed by atoms with E-state index in [-0.39, 0.29) is 23.4 Å². The first-order valence-electron chi connectivity index (χ1n) is 7.69. The molecule has 2 aromatic carbocycles. The molecule has 2 aromatic rings. The Kier molecular flexibility index (Phi) is 7.26. The quantitative estimate of drug-likeness (QED) is 0.389. The molecule has 0 atom stereocenters. The second kappa shape index (κ2) is 9.64. The summed E-state index contributed by atoms with van der Waals surface area (Å²) in [5.74, 6) is -0.869. The zero-order valence-corrected chi connectivity index (χ0v) is 15.8. The second-order valence-electron chi connectivity index (χ2n) is 5.19. The van der Waals surface area contributed by atoms with Crippen LogP contribution in [0, 0.1) is 10.1 Å². The van der Waals surface area contributed by atoms with Gasteiger partial charge in [-0.3, -0.25) is 30.6 Å². The maximum atomic E-state index is 12.4. The monoisotopic (exact) mass is 437 g/mol. The number of rotatable bonds is 7. The second-order valence-corrected chi connectivity index (χ2v) is 6.11. The van der Waals surface area contributed by atoms with E-state index in [0.717, 1.165) is 0 Å². The molecule has 0 aromatic heterocycles. The van der Waals surface area contributed by atoms with E-state index in [0.29, 0.717) is 16.8 Å². The van der Waals surface area contributed by atoms with Gasteiger partial charge in [0, 0.05) is 29.3 Å². The summed E-state index contributed by atoms with van der Waals surface area (Å²) in [5.41, 5.74) is 4.78. The molecular weight excluding hydrogens is 422 g/mol. The number of non-ortho nitro benzene ring substituents is 1. The highest BCUT2D eigenvalue weighted by molar-refractivity contribution is 9.10. The first-order chi connectivity index (χ1) is 12.9. The Morgan fingerprint density at radius 3 is 2.37 bits per heavy atom. The summed E-state index contributed by atoms with van der Waals surface area (Å²) in [6, 6.07) is 9.87. The zero-order chi connectivity index (χ0) is 19.8. The predicted octanol–water partition coefficient (Wildman–Crippen LogP) is 2.46. The Balaban J connectivity index is 2.03. The molecule has 0 fully saturated rings. The number of hydrazine groups is 1. The molecule has 0 bridgehead atoms. The minimum atomic E-state index is -0.616. The van der Waals surface area contributed by atoms with Gasteiger partial charge in [-0.2, -0.15) is 0 Å². The van der Waals surface area contributed by atoms with Crippen molar-refractivity contribution in [3.05, 3.63) is 68.2 Å². The van der Waals surface area contributed by atoms with Gasteiger partial charge in [-0.1, -0.05) is 15.9 Å². The molecule has 27 heavy (non-hydrogen) atoms. The molecule has 10 heteroatoms. The van der Waals surface area contributed by atoms with Gasteiger partial charge in [0.15, 0.2) is 0 Å². The number of carbonyl (C=O) groups excluding carboxylic acids is 2. The van der Waals surface area contributed by atoms with Gasteiger partial charge < -0.3 is 9.47 Å². The van der Waals surface area contributed by atoms with Crippen LogP contribution in [-0.4, -0.2) is 37.1 Å². The van der Waals surface area contributed by atoms with E-state index in [1.54, 1.807) is 18.2 Å². The number of amides is 2. The van der Waals surface area contributed by atoms with Crippen LogP contribution in [0.4, 0.5) is 5.69 Å². The normalized spacial score (nSPS) is 10.1. The number of nitro benzene ring substituents is 1. The number of hydrogen-bond donors (Lipinski definition) is 2. The summed E-state index contributed by atoms with van der Waals surface area (Å²) in [7, 11) is 1.53. The molecule has 0 heterocycles. The number of benzene rings is 2. The van der Waals surface area contributed by atoms with Crippen LogP contribution in [0.2, 0.25) is 0 Å². The Labute approximate surface area is 162 Å². The van der Waals surface area contributed by atoms with Crippen LogP contribution in [0.5, 0.6) is 5.75 Å². The van der Waals surface area contributed by atoms with E-state index in [1.807, 2.05) is 0 Å². The largest absolute Gasteiger partial charge is 0.490 e. The van der Waals surface area contributed by atoms with Crippen LogP contribution in [-0.2, 0) is 4.74 Å². The molecule has 0 radical (unpaired) electrons. The van der Waals surface area contributed by atoms with Gasteiger partial charge in [-0.15, -0.1) is 0 Å². The Morgan fingerprint density at radius 1 is 1.07 bits per heavy atom. The summed E-state index contributed by atoms with van der Waals surface area (Å²) in [6.07, 6.45) is 0. The van der Waals surface area contributed by atoms with Gasteiger partial charge in [0.25, 0.3) is 17.5 Å². The molecule has 142 valence electrons. The highest BCUT2D eigenvalue weighted by Gasteiger charge is 2.15. The molecule has 0 aliphatic carbocycles. The van der Waals surface area contributed by atoms with Crippen molar-refractivity contribution < 1.29 is 24.0 Å². The lowest BCUT2D eigenvalue weighted by molar-refractivity contribution is -0.384. The summed E-state index contributed by atoms with van der Waals surface area (Å²) in [5, 5.41) is 10.6. The van der Waals surface area contributed by atoms with Crippen LogP contribution in [0.1, 0.15) is 20.7 Å². The standard InChI is InChI=1S/C17H16BrN3O6/c1-26-8-9-27-15-7-4-12(18)10-14(15)17(23)20-19-16(22)11-2-5-13(6-3-11)21(24)25/h2-7,10H,8-9H2,1H3,(H,19,22)(H,20,23). The first-order valence-corrected chi connectivity index (χ1v) is 8.48. The third kappa shape index (κ3) is 5.76. The Hall–Kier alpha value is -2.98. The van der Waals surface area contributed by atoms with Gasteiger partial charge in [0.1, 0.15) is 12.4 Å². The van der Waals surface area contributed by atoms with Crippen molar-refractivity contribution in [3.63, 3.8) is 0 Å². The van der Waals surface area contributed by atoms with Crippen molar-refractivity contribution in [2.75, 3.05) is 20.3 Å². The maximum Gasteiger partial charge on any atom is 0.273 e. The van der Waals surface area contributed by atoms with Gasteiger partial charge in [-0.25, -0.2) is 0 Å². The lowest BCUT2D eigenvalue weighted by Gasteiger charge is -2.12. The number of nitro groups is 1.